The molecule has 1 aliphatic rings. The summed E-state index contributed by atoms with van der Waals surface area (Å²) >= 11 is 0. The Labute approximate surface area is 111 Å². The predicted molar refractivity (Wildman–Crippen MR) is 73.6 cm³/mol. The fraction of sp³-hybridized carbons (Fsp3) is 0.929. The number of morpholine rings is 1. The van der Waals surface area contributed by atoms with E-state index in [4.69, 9.17) is 4.74 Å². The van der Waals surface area contributed by atoms with Gasteiger partial charge >= 0.3 is 0 Å². The van der Waals surface area contributed by atoms with Gasteiger partial charge in [0.1, 0.15) is 0 Å². The molecule has 1 saturated heterocycles. The van der Waals surface area contributed by atoms with E-state index in [9.17, 15) is 4.79 Å². The number of ether oxygens (including phenoxy) is 1. The molecule has 0 aromatic rings. The van der Waals surface area contributed by atoms with Crippen LogP contribution in [0.25, 0.3) is 0 Å². The lowest BCUT2D eigenvalue weighted by atomic mass is 10.0. The molecule has 1 unspecified atom stereocenters. The summed E-state index contributed by atoms with van der Waals surface area (Å²) in [7, 11) is 3.86. The van der Waals surface area contributed by atoms with Crippen LogP contribution >= 0.6 is 0 Å². The summed E-state index contributed by atoms with van der Waals surface area (Å²) in [6, 6.07) is 0. The van der Waals surface area contributed by atoms with Crippen molar-refractivity contribution in [3.05, 3.63) is 0 Å². The summed E-state index contributed by atoms with van der Waals surface area (Å²) in [5.74, 6) is 0.970. The van der Waals surface area contributed by atoms with E-state index in [-0.39, 0.29) is 12.0 Å². The molecule has 4 nitrogen and oxygen atoms in total. The van der Waals surface area contributed by atoms with Gasteiger partial charge in [-0.05, 0) is 26.4 Å². The van der Waals surface area contributed by atoms with Crippen LogP contribution in [-0.2, 0) is 9.53 Å². The maximum Gasteiger partial charge on any atom is 0.236 e. The molecule has 0 aromatic heterocycles. The van der Waals surface area contributed by atoms with Crippen molar-refractivity contribution >= 4 is 5.91 Å². The molecule has 4 heteroatoms. The molecule has 1 atom stereocenters. The highest BCUT2D eigenvalue weighted by Gasteiger charge is 2.23. The molecule has 0 aliphatic carbocycles. The number of hydrogen-bond donors (Lipinski definition) is 0. The van der Waals surface area contributed by atoms with E-state index in [1.165, 1.54) is 12.8 Å². The highest BCUT2D eigenvalue weighted by Crippen LogP contribution is 2.14. The number of hydrogen-bond acceptors (Lipinski definition) is 3. The van der Waals surface area contributed by atoms with Crippen LogP contribution in [0.3, 0.4) is 0 Å². The van der Waals surface area contributed by atoms with Crippen molar-refractivity contribution in [1.29, 1.82) is 0 Å². The Balaban J connectivity index is 2.29. The normalized spacial score (nSPS) is 20.8. The van der Waals surface area contributed by atoms with Gasteiger partial charge in [0.15, 0.2) is 0 Å². The lowest BCUT2D eigenvalue weighted by Gasteiger charge is -2.33. The first-order chi connectivity index (χ1) is 8.49. The minimum atomic E-state index is 0.220. The van der Waals surface area contributed by atoms with Gasteiger partial charge in [-0.15, -0.1) is 0 Å². The van der Waals surface area contributed by atoms with Gasteiger partial charge < -0.3 is 14.5 Å². The third-order valence-corrected chi connectivity index (χ3v) is 3.25. The molecule has 1 rings (SSSR count). The van der Waals surface area contributed by atoms with Gasteiger partial charge in [-0.1, -0.05) is 26.7 Å². The zero-order valence-corrected chi connectivity index (χ0v) is 12.3. The molecule has 1 heterocycles. The van der Waals surface area contributed by atoms with Crippen molar-refractivity contribution in [2.45, 2.75) is 39.2 Å². The van der Waals surface area contributed by atoms with E-state index >= 15 is 0 Å². The van der Waals surface area contributed by atoms with Crippen molar-refractivity contribution in [3.8, 4) is 0 Å². The number of amides is 1. The van der Waals surface area contributed by atoms with Crippen LogP contribution in [-0.4, -0.2) is 62.1 Å². The Bertz CT molecular complexity index is 254. The van der Waals surface area contributed by atoms with Crippen LogP contribution in [0.15, 0.2) is 0 Å². The number of likely N-dealkylation sites (N-methyl/N-ethyl adjacent to an activating group) is 1. The van der Waals surface area contributed by atoms with E-state index in [2.05, 4.69) is 13.8 Å². The van der Waals surface area contributed by atoms with E-state index in [1.54, 1.807) is 0 Å². The molecule has 106 valence electrons. The van der Waals surface area contributed by atoms with Crippen LogP contribution in [0.2, 0.25) is 0 Å². The lowest BCUT2D eigenvalue weighted by molar-refractivity contribution is -0.139. The van der Waals surface area contributed by atoms with Gasteiger partial charge in [0.2, 0.25) is 5.91 Å². The second-order valence-corrected chi connectivity index (χ2v) is 5.90. The molecule has 0 radical (unpaired) electrons. The maximum atomic E-state index is 12.0. The molecule has 0 bridgehead atoms. The summed E-state index contributed by atoms with van der Waals surface area (Å²) in [5, 5.41) is 0. The molecule has 18 heavy (non-hydrogen) atoms. The average Bonchev–Trinajstić information content (AvgIpc) is 2.28. The molecule has 0 N–H and O–H groups in total. The second-order valence-electron chi connectivity index (χ2n) is 5.90. The van der Waals surface area contributed by atoms with Crippen molar-refractivity contribution in [2.75, 3.05) is 40.3 Å². The van der Waals surface area contributed by atoms with E-state index in [0.29, 0.717) is 13.2 Å². The Morgan fingerprint density at radius 3 is 2.78 bits per heavy atom. The highest BCUT2D eigenvalue weighted by atomic mass is 16.5. The fourth-order valence-electron chi connectivity index (χ4n) is 2.24. The number of nitrogens with zero attached hydrogens (tertiary/aromatic N) is 2. The van der Waals surface area contributed by atoms with Gasteiger partial charge in [0.05, 0.1) is 19.3 Å². The SMILES string of the molecule is CC(C)CCCC1CN(C(=O)CN(C)C)CCO1. The van der Waals surface area contributed by atoms with Gasteiger partial charge in [0.25, 0.3) is 0 Å². The molecule has 1 aliphatic heterocycles. The first-order valence-corrected chi connectivity index (χ1v) is 7.03. The molecular formula is C14H28N2O2. The topological polar surface area (TPSA) is 32.8 Å². The molecule has 0 aromatic carbocycles. The third kappa shape index (κ3) is 5.83. The van der Waals surface area contributed by atoms with Crippen LogP contribution in [0.1, 0.15) is 33.1 Å². The summed E-state index contributed by atoms with van der Waals surface area (Å²) < 4.78 is 5.74. The number of carbonyl (C=O) groups excluding carboxylic acids is 1. The zero-order valence-electron chi connectivity index (χ0n) is 12.3. The zero-order chi connectivity index (χ0) is 13.5. The smallest absolute Gasteiger partial charge is 0.236 e. The molecule has 0 saturated carbocycles. The van der Waals surface area contributed by atoms with E-state index in [1.807, 2.05) is 23.9 Å². The lowest BCUT2D eigenvalue weighted by Crippen LogP contribution is -2.48. The van der Waals surface area contributed by atoms with Crippen LogP contribution in [0.4, 0.5) is 0 Å². The monoisotopic (exact) mass is 256 g/mol. The minimum Gasteiger partial charge on any atom is -0.375 e. The van der Waals surface area contributed by atoms with Gasteiger partial charge in [0, 0.05) is 13.1 Å². The van der Waals surface area contributed by atoms with Gasteiger partial charge in [-0.2, -0.15) is 0 Å². The summed E-state index contributed by atoms with van der Waals surface area (Å²) in [4.78, 5) is 15.8. The molecule has 0 spiro atoms. The fourth-order valence-corrected chi connectivity index (χ4v) is 2.24. The Morgan fingerprint density at radius 1 is 1.44 bits per heavy atom. The Kier molecular flexibility index (Phi) is 6.65. The van der Waals surface area contributed by atoms with E-state index in [0.717, 1.165) is 25.4 Å². The molecule has 1 fully saturated rings. The predicted octanol–water partition coefficient (Wildman–Crippen LogP) is 1.60. The molecule has 1 amide bonds. The first-order valence-electron chi connectivity index (χ1n) is 7.03. The van der Waals surface area contributed by atoms with Gasteiger partial charge in [-0.3, -0.25) is 4.79 Å². The van der Waals surface area contributed by atoms with Crippen LogP contribution < -0.4 is 0 Å². The van der Waals surface area contributed by atoms with Crippen molar-refractivity contribution in [2.24, 2.45) is 5.92 Å². The highest BCUT2D eigenvalue weighted by molar-refractivity contribution is 5.78. The largest absolute Gasteiger partial charge is 0.375 e. The van der Waals surface area contributed by atoms with Crippen molar-refractivity contribution in [3.63, 3.8) is 0 Å². The quantitative estimate of drug-likeness (QED) is 0.723. The van der Waals surface area contributed by atoms with E-state index < -0.39 is 0 Å². The minimum absolute atomic E-state index is 0.220. The average molecular weight is 256 g/mol. The van der Waals surface area contributed by atoms with Crippen LogP contribution in [0, 0.1) is 5.92 Å². The number of carbonyl (C=O) groups is 1. The Hall–Kier alpha value is -0.610. The van der Waals surface area contributed by atoms with Crippen molar-refractivity contribution in [1.82, 2.24) is 9.80 Å². The summed E-state index contributed by atoms with van der Waals surface area (Å²) in [6.07, 6.45) is 3.75. The summed E-state index contributed by atoms with van der Waals surface area (Å²) in [6.45, 7) is 7.19. The molecular weight excluding hydrogens is 228 g/mol. The van der Waals surface area contributed by atoms with Crippen molar-refractivity contribution < 1.29 is 9.53 Å². The summed E-state index contributed by atoms with van der Waals surface area (Å²) in [5.41, 5.74) is 0. The van der Waals surface area contributed by atoms with Crippen LogP contribution in [0.5, 0.6) is 0 Å². The number of rotatable bonds is 6. The standard InChI is InChI=1S/C14H28N2O2/c1-12(2)6-5-7-13-10-16(8-9-18-13)14(17)11-15(3)4/h12-13H,5-11H2,1-4H3. The maximum absolute atomic E-state index is 12.0. The van der Waals surface area contributed by atoms with Gasteiger partial charge in [-0.25, -0.2) is 0 Å². The first kappa shape index (κ1) is 15.4. The Morgan fingerprint density at radius 2 is 2.17 bits per heavy atom. The third-order valence-electron chi connectivity index (χ3n) is 3.25. The second kappa shape index (κ2) is 7.74.